The second-order valence-corrected chi connectivity index (χ2v) is 5.18. The molecule has 0 aliphatic rings. The number of aromatic nitrogens is 1. The Morgan fingerprint density at radius 3 is 2.05 bits per heavy atom. The van der Waals surface area contributed by atoms with E-state index in [4.69, 9.17) is 46.4 Å². The average Bonchev–Trinajstić information content (AvgIpc) is 2.36. The van der Waals surface area contributed by atoms with E-state index < -0.39 is 0 Å². The summed E-state index contributed by atoms with van der Waals surface area (Å²) in [6.45, 7) is 0.244. The van der Waals surface area contributed by atoms with Gasteiger partial charge in [0.15, 0.2) is 0 Å². The van der Waals surface area contributed by atoms with Gasteiger partial charge in [-0.25, -0.2) is 0 Å². The normalized spacial score (nSPS) is 11.2. The average molecular weight is 335 g/mol. The molecular weight excluding hydrogens is 328 g/mol. The zero-order valence-electron chi connectivity index (χ0n) is 9.45. The van der Waals surface area contributed by atoms with Crippen LogP contribution in [0.25, 0.3) is 0 Å². The Hall–Kier alpha value is -0.870. The Bertz CT molecular complexity index is 588. The van der Waals surface area contributed by atoms with E-state index in [-0.39, 0.29) is 6.54 Å². The third-order valence-corrected chi connectivity index (χ3v) is 3.55. The van der Waals surface area contributed by atoms with Crippen LogP contribution in [-0.2, 0) is 6.54 Å². The summed E-state index contributed by atoms with van der Waals surface area (Å²) < 4.78 is 0. The van der Waals surface area contributed by atoms with Crippen LogP contribution < -0.4 is 0 Å². The van der Waals surface area contributed by atoms with Gasteiger partial charge < -0.3 is 0 Å². The van der Waals surface area contributed by atoms with Crippen molar-refractivity contribution in [3.63, 3.8) is 0 Å². The molecule has 0 fully saturated rings. The standard InChI is InChI=1S/C12H7Cl4N3/c13-8-2-1-3-9(14)7(8)4-18-19-12-10(15)5-17-6-11(12)16/h1-3,5-6H,4H2. The van der Waals surface area contributed by atoms with Crippen molar-refractivity contribution in [1.29, 1.82) is 0 Å². The van der Waals surface area contributed by atoms with Gasteiger partial charge in [-0.15, -0.1) is 0 Å². The van der Waals surface area contributed by atoms with Crippen molar-refractivity contribution in [2.45, 2.75) is 6.54 Å². The molecule has 0 unspecified atom stereocenters. The Morgan fingerprint density at radius 1 is 0.895 bits per heavy atom. The lowest BCUT2D eigenvalue weighted by Gasteiger charge is -2.03. The van der Waals surface area contributed by atoms with Crippen LogP contribution in [0.1, 0.15) is 5.56 Å². The first-order chi connectivity index (χ1) is 9.09. The maximum Gasteiger partial charge on any atom is 0.126 e. The SMILES string of the molecule is Clc1cccc(Cl)c1CN=Nc1c(Cl)cncc1Cl. The van der Waals surface area contributed by atoms with Gasteiger partial charge in [0.05, 0.1) is 16.6 Å². The number of halogens is 4. The third-order valence-electron chi connectivity index (χ3n) is 2.29. The number of azo groups is 1. The number of nitrogens with zero attached hydrogens (tertiary/aromatic N) is 3. The summed E-state index contributed by atoms with van der Waals surface area (Å²) in [5.74, 6) is 0. The van der Waals surface area contributed by atoms with E-state index in [2.05, 4.69) is 15.2 Å². The van der Waals surface area contributed by atoms with E-state index in [9.17, 15) is 0 Å². The first kappa shape index (κ1) is 14.5. The molecule has 0 bridgehead atoms. The van der Waals surface area contributed by atoms with E-state index in [1.807, 2.05) is 0 Å². The summed E-state index contributed by atoms with van der Waals surface area (Å²) in [6.07, 6.45) is 2.90. The molecule has 1 aromatic heterocycles. The zero-order chi connectivity index (χ0) is 13.8. The fraction of sp³-hybridized carbons (Fsp3) is 0.0833. The van der Waals surface area contributed by atoms with Crippen molar-refractivity contribution >= 4 is 52.1 Å². The van der Waals surface area contributed by atoms with Crippen molar-refractivity contribution in [3.8, 4) is 0 Å². The van der Waals surface area contributed by atoms with E-state index in [0.717, 1.165) is 0 Å². The minimum atomic E-state index is 0.244. The Balaban J connectivity index is 2.21. The van der Waals surface area contributed by atoms with Crippen LogP contribution in [0.3, 0.4) is 0 Å². The molecule has 0 saturated heterocycles. The van der Waals surface area contributed by atoms with Crippen molar-refractivity contribution in [2.75, 3.05) is 0 Å². The molecule has 2 aromatic rings. The summed E-state index contributed by atoms with van der Waals surface area (Å²) in [6, 6.07) is 5.25. The van der Waals surface area contributed by atoms with Gasteiger partial charge >= 0.3 is 0 Å². The molecule has 0 atom stereocenters. The van der Waals surface area contributed by atoms with Gasteiger partial charge in [0, 0.05) is 28.0 Å². The summed E-state index contributed by atoms with van der Waals surface area (Å²) in [5.41, 5.74) is 1.08. The third kappa shape index (κ3) is 3.57. The molecule has 0 radical (unpaired) electrons. The van der Waals surface area contributed by atoms with Gasteiger partial charge in [-0.1, -0.05) is 52.5 Å². The minimum Gasteiger partial charge on any atom is -0.261 e. The molecule has 2 rings (SSSR count). The summed E-state index contributed by atoms with van der Waals surface area (Å²) in [7, 11) is 0. The van der Waals surface area contributed by atoms with Crippen LogP contribution in [0.15, 0.2) is 40.8 Å². The lowest BCUT2D eigenvalue weighted by atomic mass is 10.2. The molecule has 0 aliphatic heterocycles. The highest BCUT2D eigenvalue weighted by atomic mass is 35.5. The molecule has 0 N–H and O–H groups in total. The van der Waals surface area contributed by atoms with E-state index >= 15 is 0 Å². The largest absolute Gasteiger partial charge is 0.261 e. The number of pyridine rings is 1. The van der Waals surface area contributed by atoms with Crippen LogP contribution in [0.5, 0.6) is 0 Å². The van der Waals surface area contributed by atoms with Crippen LogP contribution in [0.4, 0.5) is 5.69 Å². The Labute approximate surface area is 130 Å². The number of hydrogen-bond acceptors (Lipinski definition) is 3. The fourth-order valence-electron chi connectivity index (χ4n) is 1.36. The van der Waals surface area contributed by atoms with E-state index in [0.29, 0.717) is 31.3 Å². The van der Waals surface area contributed by atoms with E-state index in [1.54, 1.807) is 18.2 Å². The molecule has 0 saturated carbocycles. The zero-order valence-corrected chi connectivity index (χ0v) is 12.5. The topological polar surface area (TPSA) is 37.6 Å². The molecule has 0 aliphatic carbocycles. The minimum absolute atomic E-state index is 0.244. The lowest BCUT2D eigenvalue weighted by molar-refractivity contribution is 0.958. The molecule has 3 nitrogen and oxygen atoms in total. The molecule has 7 heteroatoms. The highest BCUT2D eigenvalue weighted by Crippen LogP contribution is 2.32. The Kier molecular flexibility index (Phi) is 4.99. The smallest absolute Gasteiger partial charge is 0.126 e. The maximum atomic E-state index is 6.03. The summed E-state index contributed by atoms with van der Waals surface area (Å²) >= 11 is 23.9. The first-order valence-corrected chi connectivity index (χ1v) is 6.70. The first-order valence-electron chi connectivity index (χ1n) is 5.19. The van der Waals surface area contributed by atoms with Crippen LogP contribution in [0.2, 0.25) is 20.1 Å². The molecular formula is C12H7Cl4N3. The molecule has 0 amide bonds. The highest BCUT2D eigenvalue weighted by molar-refractivity contribution is 6.38. The van der Waals surface area contributed by atoms with E-state index in [1.165, 1.54) is 12.4 Å². The summed E-state index contributed by atoms with van der Waals surface area (Å²) in [5, 5.41) is 9.75. The van der Waals surface area contributed by atoms with Crippen LogP contribution in [-0.4, -0.2) is 4.98 Å². The van der Waals surface area contributed by atoms with Gasteiger partial charge in [-0.3, -0.25) is 4.98 Å². The van der Waals surface area contributed by atoms with Gasteiger partial charge in [0.2, 0.25) is 0 Å². The molecule has 19 heavy (non-hydrogen) atoms. The van der Waals surface area contributed by atoms with Crippen molar-refractivity contribution in [1.82, 2.24) is 4.98 Å². The molecule has 98 valence electrons. The molecule has 0 spiro atoms. The van der Waals surface area contributed by atoms with Gasteiger partial charge in [0.1, 0.15) is 5.69 Å². The highest BCUT2D eigenvalue weighted by Gasteiger charge is 2.06. The predicted molar refractivity (Wildman–Crippen MR) is 78.9 cm³/mol. The van der Waals surface area contributed by atoms with Gasteiger partial charge in [0.25, 0.3) is 0 Å². The van der Waals surface area contributed by atoms with Crippen molar-refractivity contribution in [2.24, 2.45) is 10.2 Å². The number of hydrogen-bond donors (Lipinski definition) is 0. The Morgan fingerprint density at radius 2 is 1.47 bits per heavy atom. The van der Waals surface area contributed by atoms with Gasteiger partial charge in [-0.05, 0) is 12.1 Å². The van der Waals surface area contributed by atoms with Crippen molar-refractivity contribution in [3.05, 3.63) is 56.2 Å². The van der Waals surface area contributed by atoms with Crippen LogP contribution >= 0.6 is 46.4 Å². The van der Waals surface area contributed by atoms with Crippen LogP contribution in [0, 0.1) is 0 Å². The second-order valence-electron chi connectivity index (χ2n) is 3.55. The fourth-order valence-corrected chi connectivity index (χ4v) is 2.32. The predicted octanol–water partition coefficient (Wildman–Crippen LogP) is 5.98. The monoisotopic (exact) mass is 333 g/mol. The lowest BCUT2D eigenvalue weighted by Crippen LogP contribution is -1.84. The quantitative estimate of drug-likeness (QED) is 0.636. The molecule has 1 heterocycles. The van der Waals surface area contributed by atoms with Gasteiger partial charge in [-0.2, -0.15) is 10.2 Å². The van der Waals surface area contributed by atoms with Crippen molar-refractivity contribution < 1.29 is 0 Å². The second kappa shape index (κ2) is 6.53. The summed E-state index contributed by atoms with van der Waals surface area (Å²) in [4.78, 5) is 3.83. The maximum absolute atomic E-state index is 6.03. The number of benzene rings is 1. The number of rotatable bonds is 3. The molecule has 1 aromatic carbocycles.